The zero-order valence-corrected chi connectivity index (χ0v) is 15.6. The van der Waals surface area contributed by atoms with Gasteiger partial charge in [-0.1, -0.05) is 0 Å². The molecule has 0 aliphatic rings. The number of hydrogen-bond acceptors (Lipinski definition) is 5. The van der Waals surface area contributed by atoms with Crippen LogP contribution in [0.15, 0.2) is 24.8 Å². The van der Waals surface area contributed by atoms with Gasteiger partial charge in [0.25, 0.3) is 0 Å². The second-order valence-corrected chi connectivity index (χ2v) is 5.72. The molecule has 8 heteroatoms. The maximum Gasteiger partial charge on any atom is 0.122 e. The molecule has 1 radical (unpaired) electrons. The van der Waals surface area contributed by atoms with Crippen molar-refractivity contribution in [1.29, 1.82) is 0 Å². The summed E-state index contributed by atoms with van der Waals surface area (Å²) in [5, 5.41) is 10.3. The minimum atomic E-state index is 0. The Balaban J connectivity index is 0.00000288. The van der Waals surface area contributed by atoms with Crippen molar-refractivity contribution < 1.29 is 16.8 Å². The summed E-state index contributed by atoms with van der Waals surface area (Å²) in [7, 11) is 4.04. The maximum atomic E-state index is 4.29. The van der Waals surface area contributed by atoms with Crippen LogP contribution in [0.5, 0.6) is 0 Å². The van der Waals surface area contributed by atoms with Gasteiger partial charge < -0.3 is 25.1 Å². The summed E-state index contributed by atoms with van der Waals surface area (Å²) in [5.41, 5.74) is 0. The quantitative estimate of drug-likeness (QED) is 0.467. The molecule has 0 saturated carbocycles. The Morgan fingerprint density at radius 1 is 0.750 bits per heavy atom. The van der Waals surface area contributed by atoms with Gasteiger partial charge in [-0.3, -0.25) is 0 Å². The molecule has 2 aromatic rings. The van der Waals surface area contributed by atoms with Gasteiger partial charge in [0.05, 0.1) is 13.1 Å². The molecule has 24 heavy (non-hydrogen) atoms. The first-order chi connectivity index (χ1) is 11.3. The number of unbranched alkanes of at least 4 members (excludes halogenated alkanes) is 1. The van der Waals surface area contributed by atoms with Gasteiger partial charge in [0.15, 0.2) is 0 Å². The third-order valence-electron chi connectivity index (χ3n) is 3.84. The van der Waals surface area contributed by atoms with Crippen molar-refractivity contribution >= 4 is 0 Å². The average Bonchev–Trinajstić information content (AvgIpc) is 3.14. The molecule has 2 heterocycles. The molecule has 0 aliphatic carbocycles. The second-order valence-electron chi connectivity index (χ2n) is 5.72. The van der Waals surface area contributed by atoms with E-state index in [0.29, 0.717) is 0 Å². The Morgan fingerprint density at radius 2 is 1.21 bits per heavy atom. The molecule has 0 saturated heterocycles. The van der Waals surface area contributed by atoms with Crippen molar-refractivity contribution in [2.24, 2.45) is 14.1 Å². The molecular weight excluding hydrogens is 349 g/mol. The SMILES string of the molecule is Cn1ccnc1CNCCCCNCCNCc1nccn1C.[Co]. The molecule has 2 aromatic heterocycles. The molecule has 0 unspecified atom stereocenters. The molecule has 3 N–H and O–H groups in total. The zero-order chi connectivity index (χ0) is 16.3. The van der Waals surface area contributed by atoms with Crippen LogP contribution in [0.25, 0.3) is 0 Å². The van der Waals surface area contributed by atoms with Gasteiger partial charge in [0.1, 0.15) is 11.6 Å². The van der Waals surface area contributed by atoms with Crippen molar-refractivity contribution in [3.63, 3.8) is 0 Å². The first-order valence-electron chi connectivity index (χ1n) is 8.32. The van der Waals surface area contributed by atoms with Crippen molar-refractivity contribution in [3.8, 4) is 0 Å². The summed E-state index contributed by atoms with van der Waals surface area (Å²) in [6, 6.07) is 0. The van der Waals surface area contributed by atoms with Crippen LogP contribution in [0.2, 0.25) is 0 Å². The summed E-state index contributed by atoms with van der Waals surface area (Å²) < 4.78 is 4.09. The molecule has 0 amide bonds. The fourth-order valence-corrected chi connectivity index (χ4v) is 2.34. The molecule has 137 valence electrons. The number of aryl methyl sites for hydroxylation is 2. The summed E-state index contributed by atoms with van der Waals surface area (Å²) in [5.74, 6) is 2.16. The zero-order valence-electron chi connectivity index (χ0n) is 14.6. The first-order valence-corrected chi connectivity index (χ1v) is 8.32. The summed E-state index contributed by atoms with van der Waals surface area (Å²) in [6.07, 6.45) is 9.98. The molecule has 0 spiro atoms. The summed E-state index contributed by atoms with van der Waals surface area (Å²) >= 11 is 0. The van der Waals surface area contributed by atoms with Crippen LogP contribution in [-0.2, 0) is 44.0 Å². The van der Waals surface area contributed by atoms with Gasteiger partial charge in [-0.2, -0.15) is 0 Å². The van der Waals surface area contributed by atoms with Crippen LogP contribution in [0.3, 0.4) is 0 Å². The molecule has 0 atom stereocenters. The Morgan fingerprint density at radius 3 is 1.71 bits per heavy atom. The maximum absolute atomic E-state index is 4.29. The largest absolute Gasteiger partial charge is 0.337 e. The van der Waals surface area contributed by atoms with E-state index in [2.05, 4.69) is 25.9 Å². The molecule has 0 aromatic carbocycles. The molecule has 2 rings (SSSR count). The van der Waals surface area contributed by atoms with Crippen molar-refractivity contribution in [2.75, 3.05) is 26.2 Å². The van der Waals surface area contributed by atoms with Crippen molar-refractivity contribution in [2.45, 2.75) is 25.9 Å². The van der Waals surface area contributed by atoms with Crippen LogP contribution >= 0.6 is 0 Å². The van der Waals surface area contributed by atoms with Crippen molar-refractivity contribution in [1.82, 2.24) is 35.1 Å². The molecule has 0 fully saturated rings. The van der Waals surface area contributed by atoms with E-state index >= 15 is 0 Å². The number of aromatic nitrogens is 4. The van der Waals surface area contributed by atoms with Crippen LogP contribution in [-0.4, -0.2) is 45.3 Å². The fourth-order valence-electron chi connectivity index (χ4n) is 2.34. The standard InChI is InChI=1S/C16H29N7.Co/c1-22-11-9-20-15(22)13-18-6-4-3-5-17-7-8-19-14-16-21-10-12-23(16)2;/h9-12,17-19H,3-8,13-14H2,1-2H3;. The fraction of sp³-hybridized carbons (Fsp3) is 0.625. The smallest absolute Gasteiger partial charge is 0.122 e. The van der Waals surface area contributed by atoms with Gasteiger partial charge in [0.2, 0.25) is 0 Å². The van der Waals surface area contributed by atoms with Crippen LogP contribution in [0.4, 0.5) is 0 Å². The van der Waals surface area contributed by atoms with Gasteiger partial charge in [-0.25, -0.2) is 9.97 Å². The third kappa shape index (κ3) is 7.58. The molecule has 7 nitrogen and oxygen atoms in total. The Hall–Kier alpha value is -1.19. The monoisotopic (exact) mass is 378 g/mol. The minimum Gasteiger partial charge on any atom is -0.337 e. The van der Waals surface area contributed by atoms with Gasteiger partial charge in [-0.15, -0.1) is 0 Å². The van der Waals surface area contributed by atoms with Crippen LogP contribution in [0, 0.1) is 0 Å². The molecule has 0 bridgehead atoms. The van der Waals surface area contributed by atoms with E-state index in [1.807, 2.05) is 48.0 Å². The second kappa shape index (κ2) is 12.2. The average molecular weight is 378 g/mol. The number of nitrogens with one attached hydrogen (secondary N) is 3. The first kappa shape index (κ1) is 20.9. The van der Waals surface area contributed by atoms with Crippen LogP contribution < -0.4 is 16.0 Å². The number of hydrogen-bond donors (Lipinski definition) is 3. The molecular formula is C16H29CoN7. The minimum absolute atomic E-state index is 0. The van der Waals surface area contributed by atoms with E-state index < -0.39 is 0 Å². The van der Waals surface area contributed by atoms with E-state index in [9.17, 15) is 0 Å². The number of nitrogens with zero attached hydrogens (tertiary/aromatic N) is 4. The Kier molecular flexibility index (Phi) is 10.6. The van der Waals surface area contributed by atoms with Gasteiger partial charge in [0, 0.05) is 68.8 Å². The topological polar surface area (TPSA) is 71.7 Å². The van der Waals surface area contributed by atoms with E-state index in [4.69, 9.17) is 0 Å². The van der Waals surface area contributed by atoms with E-state index in [1.54, 1.807) is 0 Å². The molecule has 0 aliphatic heterocycles. The van der Waals surface area contributed by atoms with E-state index in [-0.39, 0.29) is 16.8 Å². The Bertz CT molecular complexity index is 504. The third-order valence-corrected chi connectivity index (χ3v) is 3.84. The van der Waals surface area contributed by atoms with Crippen molar-refractivity contribution in [3.05, 3.63) is 36.4 Å². The summed E-state index contributed by atoms with van der Waals surface area (Å²) in [4.78, 5) is 8.57. The Labute approximate surface area is 154 Å². The predicted molar refractivity (Wildman–Crippen MR) is 91.9 cm³/mol. The number of rotatable bonds is 12. The number of imidazole rings is 2. The normalized spacial score (nSPS) is 10.8. The van der Waals surface area contributed by atoms with Crippen LogP contribution in [0.1, 0.15) is 24.5 Å². The van der Waals surface area contributed by atoms with E-state index in [0.717, 1.165) is 50.9 Å². The summed E-state index contributed by atoms with van der Waals surface area (Å²) in [6.45, 7) is 5.71. The predicted octanol–water partition coefficient (Wildman–Crippen LogP) is 0.400. The van der Waals surface area contributed by atoms with Gasteiger partial charge in [-0.05, 0) is 25.9 Å². The van der Waals surface area contributed by atoms with Gasteiger partial charge >= 0.3 is 0 Å². The van der Waals surface area contributed by atoms with E-state index in [1.165, 1.54) is 12.8 Å².